The van der Waals surface area contributed by atoms with Gasteiger partial charge in [-0.1, -0.05) is 11.6 Å². The maximum Gasteiger partial charge on any atom is 0.259 e. The van der Waals surface area contributed by atoms with E-state index in [9.17, 15) is 9.90 Å². The van der Waals surface area contributed by atoms with Crippen molar-refractivity contribution in [3.63, 3.8) is 0 Å². The monoisotopic (exact) mass is 250 g/mol. The minimum Gasteiger partial charge on any atom is -0.508 e. The second-order valence-electron chi connectivity index (χ2n) is 3.08. The van der Waals surface area contributed by atoms with E-state index < -0.39 is 5.91 Å². The third-order valence-electron chi connectivity index (χ3n) is 1.90. The van der Waals surface area contributed by atoms with E-state index in [-0.39, 0.29) is 22.3 Å². The highest BCUT2D eigenvalue weighted by Gasteiger charge is 2.12. The van der Waals surface area contributed by atoms with Crippen molar-refractivity contribution in [3.05, 3.63) is 41.2 Å². The molecule has 1 amide bonds. The molecule has 0 saturated heterocycles. The van der Waals surface area contributed by atoms with Gasteiger partial charge in [-0.05, 0) is 18.2 Å². The number of hydrogen-bond donors (Lipinski definition) is 2. The summed E-state index contributed by atoms with van der Waals surface area (Å²) in [5, 5.41) is 19.1. The summed E-state index contributed by atoms with van der Waals surface area (Å²) < 4.78 is 0. The Morgan fingerprint density at radius 1 is 1.35 bits per heavy atom. The molecule has 0 atom stereocenters. The maximum atomic E-state index is 11.8. The van der Waals surface area contributed by atoms with E-state index in [1.807, 2.05) is 0 Å². The number of phenolic OH excluding ortho intramolecular Hbond substituents is 1. The van der Waals surface area contributed by atoms with E-state index in [4.69, 9.17) is 11.6 Å². The van der Waals surface area contributed by atoms with Gasteiger partial charge in [-0.2, -0.15) is 5.10 Å². The van der Waals surface area contributed by atoms with Crippen molar-refractivity contribution >= 4 is 23.5 Å². The summed E-state index contributed by atoms with van der Waals surface area (Å²) in [5.41, 5.74) is 0.138. The highest BCUT2D eigenvalue weighted by molar-refractivity contribution is 6.34. The van der Waals surface area contributed by atoms with Crippen LogP contribution in [0, 0.1) is 0 Å². The quantitative estimate of drug-likeness (QED) is 0.843. The van der Waals surface area contributed by atoms with Gasteiger partial charge in [0.1, 0.15) is 5.75 Å². The van der Waals surface area contributed by atoms with Crippen molar-refractivity contribution in [1.82, 2.24) is 15.2 Å². The van der Waals surface area contributed by atoms with Crippen LogP contribution in [-0.4, -0.2) is 26.2 Å². The lowest BCUT2D eigenvalue weighted by atomic mass is 10.2. The Morgan fingerprint density at radius 2 is 2.18 bits per heavy atom. The molecule has 0 aliphatic heterocycles. The number of halogens is 1. The smallest absolute Gasteiger partial charge is 0.259 e. The number of nitrogens with zero attached hydrogens (tertiary/aromatic N) is 3. The number of amides is 1. The topological polar surface area (TPSA) is 88.0 Å². The van der Waals surface area contributed by atoms with Crippen molar-refractivity contribution in [1.29, 1.82) is 0 Å². The summed E-state index contributed by atoms with van der Waals surface area (Å²) >= 11 is 5.83. The minimum absolute atomic E-state index is 0.0494. The zero-order valence-electron chi connectivity index (χ0n) is 8.46. The normalized spacial score (nSPS) is 9.94. The molecule has 1 aromatic carbocycles. The largest absolute Gasteiger partial charge is 0.508 e. The second-order valence-corrected chi connectivity index (χ2v) is 3.49. The molecule has 2 N–H and O–H groups in total. The van der Waals surface area contributed by atoms with Crippen molar-refractivity contribution in [2.45, 2.75) is 0 Å². The maximum absolute atomic E-state index is 11.8. The van der Waals surface area contributed by atoms with E-state index in [1.54, 1.807) is 0 Å². The minimum atomic E-state index is -0.515. The Hall–Kier alpha value is -2.21. The zero-order valence-corrected chi connectivity index (χ0v) is 9.22. The van der Waals surface area contributed by atoms with Gasteiger partial charge in [0.05, 0.1) is 23.0 Å². The lowest BCUT2D eigenvalue weighted by Gasteiger charge is -2.04. The number of nitrogens with one attached hydrogen (secondary N) is 1. The number of hydrogen-bond acceptors (Lipinski definition) is 5. The van der Waals surface area contributed by atoms with Crippen LogP contribution in [0.5, 0.6) is 5.75 Å². The van der Waals surface area contributed by atoms with E-state index in [0.717, 1.165) is 0 Å². The van der Waals surface area contributed by atoms with Crippen LogP contribution in [0.15, 0.2) is 30.6 Å². The van der Waals surface area contributed by atoms with E-state index in [0.29, 0.717) is 0 Å². The Kier molecular flexibility index (Phi) is 3.15. The number of phenols is 1. The van der Waals surface area contributed by atoms with Crippen LogP contribution in [0.4, 0.5) is 5.95 Å². The molecule has 0 spiro atoms. The summed E-state index contributed by atoms with van der Waals surface area (Å²) in [6.07, 6.45) is 2.78. The molecule has 0 radical (unpaired) electrons. The Labute approximate surface area is 101 Å². The average Bonchev–Trinajstić information content (AvgIpc) is 2.33. The first kappa shape index (κ1) is 11.3. The van der Waals surface area contributed by atoms with Crippen molar-refractivity contribution in [2.24, 2.45) is 0 Å². The van der Waals surface area contributed by atoms with E-state index in [2.05, 4.69) is 20.5 Å². The zero-order chi connectivity index (χ0) is 12.3. The molecule has 0 unspecified atom stereocenters. The number of carbonyl (C=O) groups excluding carboxylic acids is 1. The fourth-order valence-electron chi connectivity index (χ4n) is 1.16. The number of benzene rings is 1. The van der Waals surface area contributed by atoms with Crippen LogP contribution in [0.3, 0.4) is 0 Å². The van der Waals surface area contributed by atoms with Gasteiger partial charge < -0.3 is 5.11 Å². The fraction of sp³-hybridized carbons (Fsp3) is 0. The van der Waals surface area contributed by atoms with Gasteiger partial charge in [-0.15, -0.1) is 5.10 Å². The fourth-order valence-corrected chi connectivity index (χ4v) is 1.36. The Balaban J connectivity index is 2.23. The molecule has 86 valence electrons. The molecule has 1 heterocycles. The van der Waals surface area contributed by atoms with Crippen molar-refractivity contribution in [2.75, 3.05) is 5.32 Å². The number of anilines is 1. The van der Waals surface area contributed by atoms with Gasteiger partial charge in [0.15, 0.2) is 0 Å². The predicted octanol–water partition coefficient (Wildman–Crippen LogP) is 1.48. The second kappa shape index (κ2) is 4.75. The average molecular weight is 251 g/mol. The van der Waals surface area contributed by atoms with Gasteiger partial charge in [0.25, 0.3) is 5.91 Å². The summed E-state index contributed by atoms with van der Waals surface area (Å²) in [7, 11) is 0. The molecule has 2 rings (SSSR count). The number of aromatic nitrogens is 3. The third kappa shape index (κ3) is 2.67. The van der Waals surface area contributed by atoms with Crippen molar-refractivity contribution < 1.29 is 9.90 Å². The molecule has 7 heteroatoms. The Morgan fingerprint density at radius 3 is 2.88 bits per heavy atom. The molecule has 2 aromatic rings. The van der Waals surface area contributed by atoms with Gasteiger partial charge in [0.2, 0.25) is 5.95 Å². The van der Waals surface area contributed by atoms with Crippen LogP contribution in [-0.2, 0) is 0 Å². The highest BCUT2D eigenvalue weighted by Crippen LogP contribution is 2.21. The summed E-state index contributed by atoms with van der Waals surface area (Å²) in [5.74, 6) is -0.498. The molecular formula is C10H7ClN4O2. The van der Waals surface area contributed by atoms with Crippen LogP contribution in [0.1, 0.15) is 10.4 Å². The molecule has 1 aromatic heterocycles. The number of aromatic hydroxyl groups is 1. The Bertz CT molecular complexity index is 547. The molecular weight excluding hydrogens is 244 g/mol. The molecule has 0 bridgehead atoms. The molecule has 6 nitrogen and oxygen atoms in total. The van der Waals surface area contributed by atoms with Gasteiger partial charge in [-0.25, -0.2) is 4.98 Å². The van der Waals surface area contributed by atoms with Crippen molar-refractivity contribution in [3.8, 4) is 5.75 Å². The van der Waals surface area contributed by atoms with Gasteiger partial charge in [0, 0.05) is 0 Å². The number of carbonyl (C=O) groups is 1. The standard InChI is InChI=1S/C10H7ClN4O2/c11-8-2-1-6(16)5-7(8)9(17)14-10-12-3-4-13-15-10/h1-5,16H,(H,12,14,15,17). The first-order chi connectivity index (χ1) is 8.16. The predicted molar refractivity (Wildman–Crippen MR) is 60.9 cm³/mol. The lowest BCUT2D eigenvalue weighted by molar-refractivity contribution is 0.102. The summed E-state index contributed by atoms with van der Waals surface area (Å²) in [6, 6.07) is 4.07. The van der Waals surface area contributed by atoms with Crippen LogP contribution in [0.25, 0.3) is 0 Å². The van der Waals surface area contributed by atoms with Gasteiger partial charge >= 0.3 is 0 Å². The van der Waals surface area contributed by atoms with Crippen LogP contribution >= 0.6 is 11.6 Å². The first-order valence-electron chi connectivity index (χ1n) is 4.60. The highest BCUT2D eigenvalue weighted by atomic mass is 35.5. The van der Waals surface area contributed by atoms with Crippen LogP contribution < -0.4 is 5.32 Å². The SMILES string of the molecule is O=C(Nc1nccnn1)c1cc(O)ccc1Cl. The third-order valence-corrected chi connectivity index (χ3v) is 2.23. The molecule has 0 saturated carbocycles. The first-order valence-corrected chi connectivity index (χ1v) is 4.98. The van der Waals surface area contributed by atoms with E-state index in [1.165, 1.54) is 30.6 Å². The molecule has 17 heavy (non-hydrogen) atoms. The van der Waals surface area contributed by atoms with Gasteiger partial charge in [-0.3, -0.25) is 10.1 Å². The molecule has 0 aliphatic rings. The summed E-state index contributed by atoms with van der Waals surface area (Å²) in [4.78, 5) is 15.6. The number of rotatable bonds is 2. The summed E-state index contributed by atoms with van der Waals surface area (Å²) in [6.45, 7) is 0. The van der Waals surface area contributed by atoms with Crippen LogP contribution in [0.2, 0.25) is 5.02 Å². The molecule has 0 fully saturated rings. The molecule has 0 aliphatic carbocycles. The van der Waals surface area contributed by atoms with E-state index >= 15 is 0 Å². The lowest BCUT2D eigenvalue weighted by Crippen LogP contribution is -2.14.